The molecule has 0 unspecified atom stereocenters. The quantitative estimate of drug-likeness (QED) is 0.544. The second-order valence-corrected chi connectivity index (χ2v) is 9.19. The standard InChI is InChI=1S/C22H27ClN2O2/c1-14-10-16-17(15(2)13-24)12-22(18(16)11-19(14)23)6-8-25(9-7-22)20(26)27-21(3,4)5/h10-11H,6-9,12H2,1-5H3/b17-15+. The van der Waals surface area contributed by atoms with Crippen molar-refractivity contribution < 1.29 is 9.53 Å². The molecule has 1 fully saturated rings. The van der Waals surface area contributed by atoms with Gasteiger partial charge in [0.2, 0.25) is 0 Å². The predicted octanol–water partition coefficient (Wildman–Crippen LogP) is 5.62. The van der Waals surface area contributed by atoms with Gasteiger partial charge in [-0.05, 0) is 88.3 Å². The number of nitriles is 1. The van der Waals surface area contributed by atoms with Crippen LogP contribution in [0.15, 0.2) is 17.7 Å². The van der Waals surface area contributed by atoms with E-state index in [-0.39, 0.29) is 11.5 Å². The SMILES string of the molecule is C/C(C#N)=C1/CC2(CCN(C(=O)OC(C)(C)C)CC2)c2cc(Cl)c(C)cc21. The van der Waals surface area contributed by atoms with Crippen LogP contribution >= 0.6 is 11.6 Å². The van der Waals surface area contributed by atoms with Gasteiger partial charge in [-0.15, -0.1) is 0 Å². The first kappa shape index (κ1) is 19.8. The molecule has 0 saturated carbocycles. The molecule has 1 aliphatic heterocycles. The molecule has 1 saturated heterocycles. The predicted molar refractivity (Wildman–Crippen MR) is 108 cm³/mol. The van der Waals surface area contributed by atoms with E-state index in [1.54, 1.807) is 4.90 Å². The van der Waals surface area contributed by atoms with Crippen molar-refractivity contribution >= 4 is 23.3 Å². The fourth-order valence-electron chi connectivity index (χ4n) is 4.19. The van der Waals surface area contributed by atoms with Crippen LogP contribution in [0.4, 0.5) is 4.79 Å². The van der Waals surface area contributed by atoms with Crippen LogP contribution in [0.25, 0.3) is 5.57 Å². The Morgan fingerprint density at radius 2 is 1.93 bits per heavy atom. The van der Waals surface area contributed by atoms with E-state index in [4.69, 9.17) is 16.3 Å². The molecule has 4 nitrogen and oxygen atoms in total. The third-order valence-electron chi connectivity index (χ3n) is 5.70. The number of nitrogens with zero attached hydrogens (tertiary/aromatic N) is 2. The molecule has 1 aromatic carbocycles. The molecule has 0 radical (unpaired) electrons. The van der Waals surface area contributed by atoms with Crippen molar-refractivity contribution in [2.24, 2.45) is 0 Å². The number of allylic oxidation sites excluding steroid dienone is 2. The van der Waals surface area contributed by atoms with Gasteiger partial charge in [0.25, 0.3) is 0 Å². The molecule has 27 heavy (non-hydrogen) atoms. The zero-order valence-electron chi connectivity index (χ0n) is 16.8. The van der Waals surface area contributed by atoms with Gasteiger partial charge in [0.1, 0.15) is 5.60 Å². The number of fused-ring (bicyclic) bond motifs is 2. The number of benzene rings is 1. The number of likely N-dealkylation sites (tertiary alicyclic amines) is 1. The number of ether oxygens (including phenoxy) is 1. The molecule has 5 heteroatoms. The lowest BCUT2D eigenvalue weighted by Gasteiger charge is -2.40. The average molecular weight is 387 g/mol. The fourth-order valence-corrected chi connectivity index (χ4v) is 4.35. The highest BCUT2D eigenvalue weighted by molar-refractivity contribution is 6.31. The highest BCUT2D eigenvalue weighted by Crippen LogP contribution is 2.53. The van der Waals surface area contributed by atoms with E-state index in [9.17, 15) is 10.1 Å². The van der Waals surface area contributed by atoms with Crippen molar-refractivity contribution in [2.45, 2.75) is 64.9 Å². The maximum Gasteiger partial charge on any atom is 0.410 e. The third-order valence-corrected chi connectivity index (χ3v) is 6.11. The first-order chi connectivity index (χ1) is 12.6. The number of hydrogen-bond donors (Lipinski definition) is 0. The Balaban J connectivity index is 1.90. The second kappa shape index (κ2) is 6.87. The van der Waals surface area contributed by atoms with Gasteiger partial charge < -0.3 is 9.64 Å². The molecule has 3 rings (SSSR count). The van der Waals surface area contributed by atoms with Gasteiger partial charge in [-0.1, -0.05) is 11.6 Å². The topological polar surface area (TPSA) is 53.3 Å². The van der Waals surface area contributed by atoms with Crippen molar-refractivity contribution in [1.82, 2.24) is 4.90 Å². The fraction of sp³-hybridized carbons (Fsp3) is 0.545. The number of halogens is 1. The molecule has 0 atom stereocenters. The molecule has 144 valence electrons. The second-order valence-electron chi connectivity index (χ2n) is 8.79. The molecule has 1 aromatic rings. The van der Waals surface area contributed by atoms with Gasteiger partial charge in [-0.3, -0.25) is 0 Å². The van der Waals surface area contributed by atoms with E-state index < -0.39 is 5.60 Å². The van der Waals surface area contributed by atoms with E-state index in [0.29, 0.717) is 13.1 Å². The Hall–Kier alpha value is -1.99. The smallest absolute Gasteiger partial charge is 0.410 e. The molecular formula is C22H27ClN2O2. The molecule has 0 bridgehead atoms. The van der Waals surface area contributed by atoms with Gasteiger partial charge in [-0.25, -0.2) is 4.79 Å². The van der Waals surface area contributed by atoms with Crippen LogP contribution in [0.1, 0.15) is 63.6 Å². The first-order valence-electron chi connectivity index (χ1n) is 9.45. The Morgan fingerprint density at radius 1 is 1.30 bits per heavy atom. The van der Waals surface area contributed by atoms with Crippen LogP contribution in [-0.4, -0.2) is 29.7 Å². The molecule has 1 aliphatic carbocycles. The van der Waals surface area contributed by atoms with E-state index in [1.807, 2.05) is 34.6 Å². The van der Waals surface area contributed by atoms with Crippen LogP contribution in [0.5, 0.6) is 0 Å². The molecule has 0 N–H and O–H groups in total. The summed E-state index contributed by atoms with van der Waals surface area (Å²) in [5, 5.41) is 10.2. The molecule has 1 amide bonds. The van der Waals surface area contributed by atoms with Crippen LogP contribution < -0.4 is 0 Å². The summed E-state index contributed by atoms with van der Waals surface area (Å²) >= 11 is 6.44. The van der Waals surface area contributed by atoms with Crippen molar-refractivity contribution in [3.8, 4) is 6.07 Å². The normalized spacial score (nSPS) is 20.3. The highest BCUT2D eigenvalue weighted by atomic mass is 35.5. The van der Waals surface area contributed by atoms with E-state index in [0.717, 1.165) is 46.6 Å². The van der Waals surface area contributed by atoms with Crippen LogP contribution in [0.3, 0.4) is 0 Å². The molecule has 2 aliphatic rings. The monoisotopic (exact) mass is 386 g/mol. The lowest BCUT2D eigenvalue weighted by molar-refractivity contribution is 0.0168. The zero-order chi connectivity index (χ0) is 20.0. The van der Waals surface area contributed by atoms with Gasteiger partial charge in [0.15, 0.2) is 0 Å². The maximum atomic E-state index is 12.4. The summed E-state index contributed by atoms with van der Waals surface area (Å²) in [6.45, 7) is 10.8. The van der Waals surface area contributed by atoms with Crippen LogP contribution in [-0.2, 0) is 10.2 Å². The first-order valence-corrected chi connectivity index (χ1v) is 9.83. The highest BCUT2D eigenvalue weighted by Gasteiger charge is 2.45. The maximum absolute atomic E-state index is 12.4. The number of carbonyl (C=O) groups excluding carboxylic acids is 1. The Morgan fingerprint density at radius 3 is 2.48 bits per heavy atom. The third kappa shape index (κ3) is 3.71. The van der Waals surface area contributed by atoms with Gasteiger partial charge in [-0.2, -0.15) is 5.26 Å². The Kier molecular flexibility index (Phi) is 5.03. The largest absolute Gasteiger partial charge is 0.444 e. The Bertz CT molecular complexity index is 850. The van der Waals surface area contributed by atoms with Crippen molar-refractivity contribution in [1.29, 1.82) is 5.26 Å². The van der Waals surface area contributed by atoms with Crippen molar-refractivity contribution in [3.63, 3.8) is 0 Å². The number of carbonyl (C=O) groups is 1. The van der Waals surface area contributed by atoms with Gasteiger partial charge >= 0.3 is 6.09 Å². The summed E-state index contributed by atoms with van der Waals surface area (Å²) in [6.07, 6.45) is 2.28. The molecule has 1 spiro atoms. The summed E-state index contributed by atoms with van der Waals surface area (Å²) in [5.74, 6) is 0. The summed E-state index contributed by atoms with van der Waals surface area (Å²) in [7, 11) is 0. The number of amides is 1. The molecular weight excluding hydrogens is 360 g/mol. The van der Waals surface area contributed by atoms with Gasteiger partial charge in [0.05, 0.1) is 6.07 Å². The summed E-state index contributed by atoms with van der Waals surface area (Å²) in [6, 6.07) is 6.51. The minimum atomic E-state index is -0.489. The summed E-state index contributed by atoms with van der Waals surface area (Å²) in [4.78, 5) is 14.2. The number of piperidine rings is 1. The van der Waals surface area contributed by atoms with E-state index in [2.05, 4.69) is 18.2 Å². The average Bonchev–Trinajstić information content (AvgIpc) is 2.87. The minimum Gasteiger partial charge on any atom is -0.444 e. The molecule has 0 aromatic heterocycles. The summed E-state index contributed by atoms with van der Waals surface area (Å²) < 4.78 is 5.52. The van der Waals surface area contributed by atoms with Crippen LogP contribution in [0, 0.1) is 18.3 Å². The minimum absolute atomic E-state index is 0.0569. The number of rotatable bonds is 0. The number of aryl methyl sites for hydroxylation is 1. The molecule has 1 heterocycles. The van der Waals surface area contributed by atoms with Gasteiger partial charge in [0, 0.05) is 29.1 Å². The zero-order valence-corrected chi connectivity index (χ0v) is 17.5. The van der Waals surface area contributed by atoms with Crippen molar-refractivity contribution in [2.75, 3.05) is 13.1 Å². The number of hydrogen-bond acceptors (Lipinski definition) is 3. The van der Waals surface area contributed by atoms with Crippen molar-refractivity contribution in [3.05, 3.63) is 39.4 Å². The summed E-state index contributed by atoms with van der Waals surface area (Å²) in [5.41, 5.74) is 4.76. The Labute approximate surface area is 166 Å². The lowest BCUT2D eigenvalue weighted by atomic mass is 9.73. The lowest BCUT2D eigenvalue weighted by Crippen LogP contribution is -2.46. The van der Waals surface area contributed by atoms with E-state index in [1.165, 1.54) is 5.56 Å². The van der Waals surface area contributed by atoms with Crippen LogP contribution in [0.2, 0.25) is 5.02 Å². The van der Waals surface area contributed by atoms with E-state index >= 15 is 0 Å².